The van der Waals surface area contributed by atoms with E-state index in [1.54, 1.807) is 7.11 Å². The van der Waals surface area contributed by atoms with Gasteiger partial charge in [0.15, 0.2) is 5.78 Å². The molecular weight excluding hydrogens is 292 g/mol. The minimum absolute atomic E-state index is 0.0898. The van der Waals surface area contributed by atoms with Gasteiger partial charge in [0.05, 0.1) is 7.11 Å². The van der Waals surface area contributed by atoms with Gasteiger partial charge in [-0.1, -0.05) is 46.3 Å². The molecule has 2 nitrogen and oxygen atoms in total. The Morgan fingerprint density at radius 2 is 1.89 bits per heavy atom. The van der Waals surface area contributed by atoms with Gasteiger partial charge in [-0.05, 0) is 18.2 Å². The zero-order valence-corrected chi connectivity index (χ0v) is 11.6. The maximum absolute atomic E-state index is 12.1. The highest BCUT2D eigenvalue weighted by molar-refractivity contribution is 9.10. The van der Waals surface area contributed by atoms with Crippen molar-refractivity contribution < 1.29 is 9.53 Å². The topological polar surface area (TPSA) is 26.3 Å². The van der Waals surface area contributed by atoms with Crippen LogP contribution < -0.4 is 4.74 Å². The van der Waals surface area contributed by atoms with Gasteiger partial charge in [-0.3, -0.25) is 4.79 Å². The second kappa shape index (κ2) is 5.83. The zero-order chi connectivity index (χ0) is 13.0. The highest BCUT2D eigenvalue weighted by atomic mass is 79.9. The molecule has 0 N–H and O–H groups in total. The molecule has 0 saturated heterocycles. The van der Waals surface area contributed by atoms with E-state index in [1.807, 2.05) is 48.5 Å². The standard InChI is InChI=1S/C15H13BrO2/c1-18-15-8-7-13(16)9-12(15)10-14(17)11-5-3-2-4-6-11/h2-9H,10H2,1H3. The zero-order valence-electron chi connectivity index (χ0n) is 10.0. The Balaban J connectivity index is 2.24. The van der Waals surface area contributed by atoms with E-state index >= 15 is 0 Å². The third-order valence-corrected chi connectivity index (χ3v) is 3.18. The van der Waals surface area contributed by atoms with E-state index in [2.05, 4.69) is 15.9 Å². The van der Waals surface area contributed by atoms with Gasteiger partial charge in [0.2, 0.25) is 0 Å². The summed E-state index contributed by atoms with van der Waals surface area (Å²) in [5.41, 5.74) is 1.61. The maximum atomic E-state index is 12.1. The third kappa shape index (κ3) is 2.99. The Morgan fingerprint density at radius 1 is 1.17 bits per heavy atom. The monoisotopic (exact) mass is 304 g/mol. The average molecular weight is 305 g/mol. The van der Waals surface area contributed by atoms with Crippen molar-refractivity contribution >= 4 is 21.7 Å². The molecular formula is C15H13BrO2. The van der Waals surface area contributed by atoms with Gasteiger partial charge < -0.3 is 4.74 Å². The molecule has 0 aromatic heterocycles. The lowest BCUT2D eigenvalue weighted by molar-refractivity contribution is 0.0992. The van der Waals surface area contributed by atoms with Gasteiger partial charge in [-0.15, -0.1) is 0 Å². The fourth-order valence-electron chi connectivity index (χ4n) is 1.78. The van der Waals surface area contributed by atoms with Gasteiger partial charge in [0.25, 0.3) is 0 Å². The van der Waals surface area contributed by atoms with Crippen LogP contribution in [0, 0.1) is 0 Å². The smallest absolute Gasteiger partial charge is 0.167 e. The van der Waals surface area contributed by atoms with Crippen molar-refractivity contribution in [2.75, 3.05) is 7.11 Å². The molecule has 0 saturated carbocycles. The summed E-state index contributed by atoms with van der Waals surface area (Å²) < 4.78 is 6.21. The van der Waals surface area contributed by atoms with Gasteiger partial charge in [0, 0.05) is 22.0 Å². The molecule has 0 fully saturated rings. The van der Waals surface area contributed by atoms with Gasteiger partial charge >= 0.3 is 0 Å². The van der Waals surface area contributed by atoms with Gasteiger partial charge in [-0.2, -0.15) is 0 Å². The Morgan fingerprint density at radius 3 is 2.56 bits per heavy atom. The predicted octanol–water partition coefficient (Wildman–Crippen LogP) is 3.88. The minimum atomic E-state index is 0.0898. The molecule has 0 aliphatic rings. The molecule has 0 aliphatic heterocycles. The summed E-state index contributed by atoms with van der Waals surface area (Å²) in [6.45, 7) is 0. The van der Waals surface area contributed by atoms with Gasteiger partial charge in [0.1, 0.15) is 5.75 Å². The number of methoxy groups -OCH3 is 1. The van der Waals surface area contributed by atoms with Crippen LogP contribution in [0.2, 0.25) is 0 Å². The molecule has 0 amide bonds. The van der Waals surface area contributed by atoms with Crippen molar-refractivity contribution in [1.29, 1.82) is 0 Å². The number of benzene rings is 2. The molecule has 0 aliphatic carbocycles. The number of rotatable bonds is 4. The van der Waals surface area contributed by atoms with Crippen LogP contribution in [0.1, 0.15) is 15.9 Å². The lowest BCUT2D eigenvalue weighted by Gasteiger charge is -2.08. The highest BCUT2D eigenvalue weighted by Crippen LogP contribution is 2.24. The SMILES string of the molecule is COc1ccc(Br)cc1CC(=O)c1ccccc1. The largest absolute Gasteiger partial charge is 0.496 e. The van der Waals surface area contributed by atoms with Crippen molar-refractivity contribution in [2.45, 2.75) is 6.42 Å². The van der Waals surface area contributed by atoms with E-state index < -0.39 is 0 Å². The number of ketones is 1. The molecule has 2 aromatic carbocycles. The number of ether oxygens (including phenoxy) is 1. The summed E-state index contributed by atoms with van der Waals surface area (Å²) >= 11 is 3.40. The maximum Gasteiger partial charge on any atom is 0.167 e. The summed E-state index contributed by atoms with van der Waals surface area (Å²) in [5.74, 6) is 0.828. The normalized spacial score (nSPS) is 10.1. The van der Waals surface area contributed by atoms with E-state index in [9.17, 15) is 4.79 Å². The summed E-state index contributed by atoms with van der Waals surface area (Å²) in [4.78, 5) is 12.1. The summed E-state index contributed by atoms with van der Waals surface area (Å²) in [5, 5.41) is 0. The number of halogens is 1. The van der Waals surface area contributed by atoms with E-state index in [-0.39, 0.29) is 5.78 Å². The second-order valence-electron chi connectivity index (χ2n) is 3.92. The Kier molecular flexibility index (Phi) is 4.15. The first kappa shape index (κ1) is 12.8. The Labute approximate surface area is 115 Å². The van der Waals surface area contributed by atoms with Crippen molar-refractivity contribution in [3.05, 3.63) is 64.1 Å². The molecule has 0 heterocycles. The number of carbonyl (C=O) groups excluding carboxylic acids is 1. The fraction of sp³-hybridized carbons (Fsp3) is 0.133. The molecule has 92 valence electrons. The molecule has 3 heteroatoms. The number of carbonyl (C=O) groups is 1. The number of hydrogen-bond donors (Lipinski definition) is 0. The molecule has 18 heavy (non-hydrogen) atoms. The second-order valence-corrected chi connectivity index (χ2v) is 4.84. The average Bonchev–Trinajstić information content (AvgIpc) is 2.40. The molecule has 2 rings (SSSR count). The van der Waals surface area contributed by atoms with Gasteiger partial charge in [-0.25, -0.2) is 0 Å². The van der Waals surface area contributed by atoms with E-state index in [0.717, 1.165) is 21.3 Å². The fourth-order valence-corrected chi connectivity index (χ4v) is 2.19. The lowest BCUT2D eigenvalue weighted by Crippen LogP contribution is -2.04. The van der Waals surface area contributed by atoms with Crippen LogP contribution >= 0.6 is 15.9 Å². The van der Waals surface area contributed by atoms with Crippen molar-refractivity contribution in [1.82, 2.24) is 0 Å². The van der Waals surface area contributed by atoms with Crippen LogP contribution in [0.3, 0.4) is 0 Å². The van der Waals surface area contributed by atoms with E-state index in [0.29, 0.717) is 6.42 Å². The molecule has 0 spiro atoms. The van der Waals surface area contributed by atoms with Crippen molar-refractivity contribution in [3.63, 3.8) is 0 Å². The highest BCUT2D eigenvalue weighted by Gasteiger charge is 2.10. The minimum Gasteiger partial charge on any atom is -0.496 e. The molecule has 0 atom stereocenters. The molecule has 0 bridgehead atoms. The van der Waals surface area contributed by atoms with Crippen molar-refractivity contribution in [2.24, 2.45) is 0 Å². The first-order valence-electron chi connectivity index (χ1n) is 5.61. The predicted molar refractivity (Wildman–Crippen MR) is 75.2 cm³/mol. The molecule has 0 unspecified atom stereocenters. The van der Waals surface area contributed by atoms with Crippen LogP contribution in [-0.4, -0.2) is 12.9 Å². The Bertz CT molecular complexity index is 550. The Hall–Kier alpha value is -1.61. The molecule has 2 aromatic rings. The number of Topliss-reactive ketones (excluding diaryl/α,β-unsaturated/α-hetero) is 1. The van der Waals surface area contributed by atoms with E-state index in [4.69, 9.17) is 4.74 Å². The first-order valence-corrected chi connectivity index (χ1v) is 6.40. The summed E-state index contributed by atoms with van der Waals surface area (Å²) in [6, 6.07) is 15.0. The van der Waals surface area contributed by atoms with E-state index in [1.165, 1.54) is 0 Å². The van der Waals surface area contributed by atoms with Crippen LogP contribution in [0.5, 0.6) is 5.75 Å². The number of hydrogen-bond acceptors (Lipinski definition) is 2. The van der Waals surface area contributed by atoms with Crippen LogP contribution in [0.25, 0.3) is 0 Å². The van der Waals surface area contributed by atoms with Crippen LogP contribution in [0.15, 0.2) is 53.0 Å². The van der Waals surface area contributed by atoms with Crippen molar-refractivity contribution in [3.8, 4) is 5.75 Å². The quantitative estimate of drug-likeness (QED) is 0.801. The van der Waals surface area contributed by atoms with Crippen LogP contribution in [-0.2, 0) is 6.42 Å². The molecule has 0 radical (unpaired) electrons. The first-order chi connectivity index (χ1) is 8.70. The summed E-state index contributed by atoms with van der Waals surface area (Å²) in [7, 11) is 1.61. The third-order valence-electron chi connectivity index (χ3n) is 2.69. The summed E-state index contributed by atoms with van der Waals surface area (Å²) in [6.07, 6.45) is 0.340. The van der Waals surface area contributed by atoms with Crippen LogP contribution in [0.4, 0.5) is 0 Å². The lowest BCUT2D eigenvalue weighted by atomic mass is 10.0.